The number of aromatic amines is 1. The standard InChI is InChI=1S/C24H27N5O3S/c25-16-19-4-6-21(7-5-19)33(31,32)29-13-9-18(10-14-29)3-1-2-11-27-24(30)23-15-20-17-26-12-8-22(20)28-23/h4-8,12,15,17-18,28H,1-3,9-11,13-14H2,(H,27,30). The molecule has 8 nitrogen and oxygen atoms in total. The Balaban J connectivity index is 1.17. The Bertz CT molecular complexity index is 1220. The van der Waals surface area contributed by atoms with Crippen molar-refractivity contribution in [3.8, 4) is 6.07 Å². The summed E-state index contributed by atoms with van der Waals surface area (Å²) >= 11 is 0. The number of hydrogen-bond donors (Lipinski definition) is 2. The summed E-state index contributed by atoms with van der Waals surface area (Å²) in [6.45, 7) is 1.64. The van der Waals surface area contributed by atoms with Crippen molar-refractivity contribution in [2.75, 3.05) is 19.6 Å². The van der Waals surface area contributed by atoms with Gasteiger partial charge in [-0.3, -0.25) is 9.78 Å². The molecule has 3 heterocycles. The first-order chi connectivity index (χ1) is 16.0. The summed E-state index contributed by atoms with van der Waals surface area (Å²) in [6.07, 6.45) is 7.99. The van der Waals surface area contributed by atoms with Gasteiger partial charge in [0.15, 0.2) is 0 Å². The summed E-state index contributed by atoms with van der Waals surface area (Å²) in [5.74, 6) is 0.377. The number of benzene rings is 1. The number of aromatic nitrogens is 2. The molecule has 0 aliphatic carbocycles. The van der Waals surface area contributed by atoms with Gasteiger partial charge >= 0.3 is 0 Å². The van der Waals surface area contributed by atoms with Crippen LogP contribution in [0.4, 0.5) is 0 Å². The number of nitrogens with zero attached hydrogens (tertiary/aromatic N) is 3. The molecule has 3 aromatic rings. The van der Waals surface area contributed by atoms with Gasteiger partial charge in [-0.25, -0.2) is 8.42 Å². The SMILES string of the molecule is N#Cc1ccc(S(=O)(=O)N2CCC(CCCCNC(=O)c3cc4cnccc4[nH]3)CC2)cc1. The van der Waals surface area contributed by atoms with Gasteiger partial charge in [0.05, 0.1) is 16.5 Å². The topological polar surface area (TPSA) is 119 Å². The highest BCUT2D eigenvalue weighted by Gasteiger charge is 2.29. The number of unbranched alkanes of at least 4 members (excludes halogenated alkanes) is 1. The van der Waals surface area contributed by atoms with Crippen LogP contribution in [0.3, 0.4) is 0 Å². The Kier molecular flexibility index (Phi) is 7.06. The fraction of sp³-hybridized carbons (Fsp3) is 0.375. The van der Waals surface area contributed by atoms with Gasteiger partial charge in [-0.2, -0.15) is 9.57 Å². The van der Waals surface area contributed by atoms with Crippen molar-refractivity contribution in [1.29, 1.82) is 5.26 Å². The third-order valence-electron chi connectivity index (χ3n) is 6.19. The molecule has 0 radical (unpaired) electrons. The number of rotatable bonds is 8. The number of carbonyl (C=O) groups excluding carboxylic acids is 1. The molecule has 2 N–H and O–H groups in total. The van der Waals surface area contributed by atoms with Crippen molar-refractivity contribution in [3.05, 3.63) is 60.0 Å². The molecule has 0 saturated carbocycles. The maximum atomic E-state index is 12.8. The third-order valence-corrected chi connectivity index (χ3v) is 8.10. The summed E-state index contributed by atoms with van der Waals surface area (Å²) in [4.78, 5) is 19.7. The number of sulfonamides is 1. The minimum atomic E-state index is -3.52. The molecule has 9 heteroatoms. The first-order valence-electron chi connectivity index (χ1n) is 11.2. The molecule has 1 aliphatic heterocycles. The first-order valence-corrected chi connectivity index (χ1v) is 12.6. The molecule has 1 fully saturated rings. The predicted molar refractivity (Wildman–Crippen MR) is 125 cm³/mol. The smallest absolute Gasteiger partial charge is 0.267 e. The minimum absolute atomic E-state index is 0.118. The Morgan fingerprint density at radius 1 is 1.18 bits per heavy atom. The average molecular weight is 466 g/mol. The van der Waals surface area contributed by atoms with Crippen LogP contribution in [0.25, 0.3) is 10.9 Å². The number of pyridine rings is 1. The van der Waals surface area contributed by atoms with E-state index in [9.17, 15) is 13.2 Å². The molecule has 2 aromatic heterocycles. The van der Waals surface area contributed by atoms with Gasteiger partial charge in [-0.05, 0) is 61.6 Å². The van der Waals surface area contributed by atoms with E-state index in [2.05, 4.69) is 15.3 Å². The first kappa shape index (κ1) is 23.0. The van der Waals surface area contributed by atoms with Crippen LogP contribution in [0.2, 0.25) is 0 Å². The number of H-pyrrole nitrogens is 1. The van der Waals surface area contributed by atoms with Crippen molar-refractivity contribution >= 4 is 26.8 Å². The van der Waals surface area contributed by atoms with Crippen LogP contribution in [0, 0.1) is 17.2 Å². The van der Waals surface area contributed by atoms with Crippen molar-refractivity contribution < 1.29 is 13.2 Å². The van der Waals surface area contributed by atoms with Crippen LogP contribution in [0.1, 0.15) is 48.2 Å². The summed E-state index contributed by atoms with van der Waals surface area (Å²) in [6, 6.07) is 11.7. The molecular formula is C24H27N5O3S. The fourth-order valence-corrected chi connectivity index (χ4v) is 5.71. The molecule has 1 amide bonds. The van der Waals surface area contributed by atoms with E-state index >= 15 is 0 Å². The van der Waals surface area contributed by atoms with E-state index < -0.39 is 10.0 Å². The molecule has 4 rings (SSSR count). The Morgan fingerprint density at radius 2 is 1.94 bits per heavy atom. The van der Waals surface area contributed by atoms with Crippen LogP contribution in [0.5, 0.6) is 0 Å². The number of nitriles is 1. The quantitative estimate of drug-likeness (QED) is 0.494. The minimum Gasteiger partial charge on any atom is -0.351 e. The number of hydrogen-bond acceptors (Lipinski definition) is 5. The molecule has 0 spiro atoms. The highest BCUT2D eigenvalue weighted by molar-refractivity contribution is 7.89. The Hall–Kier alpha value is -3.22. The third kappa shape index (κ3) is 5.41. The molecular weight excluding hydrogens is 438 g/mol. The summed E-state index contributed by atoms with van der Waals surface area (Å²) in [5.41, 5.74) is 1.87. The molecule has 1 aliphatic rings. The van der Waals surface area contributed by atoms with E-state index in [-0.39, 0.29) is 10.8 Å². The Morgan fingerprint density at radius 3 is 2.64 bits per heavy atom. The molecule has 0 unspecified atom stereocenters. The van der Waals surface area contributed by atoms with E-state index in [1.54, 1.807) is 22.8 Å². The molecule has 0 bridgehead atoms. The van der Waals surface area contributed by atoms with Gasteiger partial charge in [-0.15, -0.1) is 0 Å². The van der Waals surface area contributed by atoms with Crippen LogP contribution < -0.4 is 5.32 Å². The number of nitrogens with one attached hydrogen (secondary N) is 2. The lowest BCUT2D eigenvalue weighted by molar-refractivity contribution is 0.0948. The lowest BCUT2D eigenvalue weighted by atomic mass is 9.92. The van der Waals surface area contributed by atoms with E-state index in [4.69, 9.17) is 5.26 Å². The van der Waals surface area contributed by atoms with Gasteiger partial charge in [-0.1, -0.05) is 12.8 Å². The van der Waals surface area contributed by atoms with E-state index in [0.29, 0.717) is 36.8 Å². The van der Waals surface area contributed by atoms with Crippen molar-refractivity contribution in [2.24, 2.45) is 5.92 Å². The normalized spacial score (nSPS) is 15.4. The second-order valence-electron chi connectivity index (χ2n) is 8.38. The number of carbonyl (C=O) groups is 1. The van der Waals surface area contributed by atoms with Crippen LogP contribution in [0.15, 0.2) is 53.7 Å². The fourth-order valence-electron chi connectivity index (χ4n) is 4.24. The highest BCUT2D eigenvalue weighted by Crippen LogP contribution is 2.27. The average Bonchev–Trinajstić information content (AvgIpc) is 3.28. The molecule has 0 atom stereocenters. The van der Waals surface area contributed by atoms with Gasteiger partial charge in [0.2, 0.25) is 10.0 Å². The second-order valence-corrected chi connectivity index (χ2v) is 10.3. The zero-order valence-electron chi connectivity index (χ0n) is 18.3. The lowest BCUT2D eigenvalue weighted by Gasteiger charge is -2.31. The zero-order valence-corrected chi connectivity index (χ0v) is 19.1. The largest absolute Gasteiger partial charge is 0.351 e. The van der Waals surface area contributed by atoms with Gasteiger partial charge in [0.25, 0.3) is 5.91 Å². The van der Waals surface area contributed by atoms with Crippen molar-refractivity contribution in [3.63, 3.8) is 0 Å². The van der Waals surface area contributed by atoms with E-state index in [1.165, 1.54) is 24.3 Å². The monoisotopic (exact) mass is 465 g/mol. The molecule has 1 aromatic carbocycles. The van der Waals surface area contributed by atoms with Gasteiger partial charge in [0, 0.05) is 42.9 Å². The van der Waals surface area contributed by atoms with Crippen molar-refractivity contribution in [1.82, 2.24) is 19.6 Å². The van der Waals surface area contributed by atoms with Crippen molar-refractivity contribution in [2.45, 2.75) is 37.0 Å². The number of fused-ring (bicyclic) bond motifs is 1. The van der Waals surface area contributed by atoms with Crippen LogP contribution in [-0.2, 0) is 10.0 Å². The highest BCUT2D eigenvalue weighted by atomic mass is 32.2. The Labute approximate surface area is 193 Å². The second kappa shape index (κ2) is 10.1. The number of piperidine rings is 1. The summed E-state index contributed by atoms with van der Waals surface area (Å²) < 4.78 is 27.2. The lowest BCUT2D eigenvalue weighted by Crippen LogP contribution is -2.38. The van der Waals surface area contributed by atoms with Crippen LogP contribution >= 0.6 is 0 Å². The summed E-state index contributed by atoms with van der Waals surface area (Å²) in [5, 5.41) is 12.8. The molecule has 33 heavy (non-hydrogen) atoms. The van der Waals surface area contributed by atoms with Crippen LogP contribution in [-0.4, -0.2) is 48.2 Å². The number of amides is 1. The molecule has 1 saturated heterocycles. The summed E-state index contributed by atoms with van der Waals surface area (Å²) in [7, 11) is -3.52. The van der Waals surface area contributed by atoms with E-state index in [0.717, 1.165) is 43.0 Å². The maximum Gasteiger partial charge on any atom is 0.267 e. The maximum absolute atomic E-state index is 12.8. The zero-order chi connectivity index (χ0) is 23.3. The van der Waals surface area contributed by atoms with E-state index in [1.807, 2.05) is 12.1 Å². The predicted octanol–water partition coefficient (Wildman–Crippen LogP) is 3.44. The van der Waals surface area contributed by atoms with Gasteiger partial charge < -0.3 is 10.3 Å². The van der Waals surface area contributed by atoms with Gasteiger partial charge in [0.1, 0.15) is 5.69 Å². The molecule has 172 valence electrons.